The van der Waals surface area contributed by atoms with Crippen molar-refractivity contribution >= 4 is 17.4 Å². The van der Waals surface area contributed by atoms with E-state index in [1.165, 1.54) is 39.3 Å². The molecular formula is C28H44N4O3. The van der Waals surface area contributed by atoms with Gasteiger partial charge in [0.05, 0.1) is 12.1 Å². The lowest BCUT2D eigenvalue weighted by Gasteiger charge is -2.38. The number of aliphatic hydroxyl groups is 1. The van der Waals surface area contributed by atoms with Gasteiger partial charge in [-0.05, 0) is 70.5 Å². The van der Waals surface area contributed by atoms with Crippen LogP contribution in [0.1, 0.15) is 77.7 Å². The summed E-state index contributed by atoms with van der Waals surface area (Å²) in [6.07, 6.45) is 7.21. The number of nitrogens with zero attached hydrogens (tertiary/aromatic N) is 2. The summed E-state index contributed by atoms with van der Waals surface area (Å²) >= 11 is 0. The normalized spacial score (nSPS) is 19.8. The van der Waals surface area contributed by atoms with E-state index in [0.717, 1.165) is 36.1 Å². The summed E-state index contributed by atoms with van der Waals surface area (Å²) in [6.45, 7) is 9.33. The van der Waals surface area contributed by atoms with Crippen molar-refractivity contribution in [2.45, 2.75) is 77.7 Å². The molecule has 7 nitrogen and oxygen atoms in total. The Kier molecular flexibility index (Phi) is 12.1. The van der Waals surface area contributed by atoms with E-state index in [2.05, 4.69) is 24.2 Å². The van der Waals surface area contributed by atoms with Crippen LogP contribution < -0.4 is 11.1 Å². The number of carbonyl (C=O) groups excluding carboxylic acids is 2. The predicted octanol–water partition coefficient (Wildman–Crippen LogP) is 3.71. The summed E-state index contributed by atoms with van der Waals surface area (Å²) < 4.78 is 0. The van der Waals surface area contributed by atoms with Gasteiger partial charge in [-0.2, -0.15) is 0 Å². The molecule has 3 rings (SSSR count). The lowest BCUT2D eigenvalue weighted by molar-refractivity contribution is -0.131. The molecule has 1 aliphatic carbocycles. The average molecular weight is 485 g/mol. The van der Waals surface area contributed by atoms with Gasteiger partial charge in [-0.15, -0.1) is 0 Å². The highest BCUT2D eigenvalue weighted by molar-refractivity contribution is 6.09. The number of amides is 1. The van der Waals surface area contributed by atoms with Gasteiger partial charge in [0.2, 0.25) is 0 Å². The molecule has 35 heavy (non-hydrogen) atoms. The molecule has 7 heteroatoms. The molecule has 1 amide bonds. The van der Waals surface area contributed by atoms with Crippen molar-refractivity contribution in [1.29, 1.82) is 0 Å². The van der Waals surface area contributed by atoms with Crippen LogP contribution in [-0.2, 0) is 15.2 Å². The summed E-state index contributed by atoms with van der Waals surface area (Å²) in [6, 6.07) is 9.59. The molecule has 1 saturated heterocycles. The van der Waals surface area contributed by atoms with Gasteiger partial charge >= 0.3 is 0 Å². The summed E-state index contributed by atoms with van der Waals surface area (Å²) in [4.78, 5) is 30.1. The monoisotopic (exact) mass is 484 g/mol. The highest BCUT2D eigenvalue weighted by Crippen LogP contribution is 2.33. The zero-order valence-corrected chi connectivity index (χ0v) is 21.8. The van der Waals surface area contributed by atoms with Crippen LogP contribution in [0.15, 0.2) is 46.6 Å². The second-order valence-electron chi connectivity index (χ2n) is 9.50. The lowest BCUT2D eigenvalue weighted by atomic mass is 9.84. The molecule has 1 saturated carbocycles. The maximum Gasteiger partial charge on any atom is 0.270 e. The summed E-state index contributed by atoms with van der Waals surface area (Å²) in [7, 11) is 0. The first kappa shape index (κ1) is 28.7. The molecule has 1 heterocycles. The van der Waals surface area contributed by atoms with Crippen LogP contribution in [0, 0.1) is 0 Å². The van der Waals surface area contributed by atoms with Gasteiger partial charge in [-0.25, -0.2) is 0 Å². The number of aliphatic imine (C=N–C) groups is 1. The van der Waals surface area contributed by atoms with Crippen molar-refractivity contribution in [3.8, 4) is 0 Å². The Labute approximate surface area is 210 Å². The fourth-order valence-electron chi connectivity index (χ4n) is 4.42. The average Bonchev–Trinajstić information content (AvgIpc) is 3.35. The topological polar surface area (TPSA) is 108 Å². The molecule has 0 atom stereocenters. The van der Waals surface area contributed by atoms with Gasteiger partial charge in [-0.3, -0.25) is 14.6 Å². The molecule has 0 spiro atoms. The molecule has 0 aromatic heterocycles. The van der Waals surface area contributed by atoms with Crippen LogP contribution in [0.5, 0.6) is 0 Å². The number of nitrogens with one attached hydrogen (secondary N) is 1. The minimum Gasteiger partial charge on any atom is -0.394 e. The van der Waals surface area contributed by atoms with E-state index in [9.17, 15) is 14.7 Å². The number of unbranched alkanes of at least 4 members (excludes halogenated alkanes) is 1. The van der Waals surface area contributed by atoms with Gasteiger partial charge in [0.1, 0.15) is 5.70 Å². The van der Waals surface area contributed by atoms with Gasteiger partial charge in [0, 0.05) is 24.4 Å². The van der Waals surface area contributed by atoms with Crippen LogP contribution in [0.4, 0.5) is 0 Å². The first-order valence-electron chi connectivity index (χ1n) is 13.1. The van der Waals surface area contributed by atoms with E-state index < -0.39 is 5.60 Å². The highest BCUT2D eigenvalue weighted by atomic mass is 16.3. The Hall–Kier alpha value is -2.51. The highest BCUT2D eigenvalue weighted by Gasteiger charge is 2.36. The number of allylic oxidation sites excluding steroid dienone is 1. The van der Waals surface area contributed by atoms with Crippen molar-refractivity contribution in [2.24, 2.45) is 10.7 Å². The number of hydrogen-bond acceptors (Lipinski definition) is 6. The molecular weight excluding hydrogens is 440 g/mol. The lowest BCUT2D eigenvalue weighted by Crippen LogP contribution is -2.46. The molecule has 0 bridgehead atoms. The summed E-state index contributed by atoms with van der Waals surface area (Å²) in [5.41, 5.74) is 7.98. The fraction of sp³-hybridized carbons (Fsp3) is 0.607. The molecule has 194 valence electrons. The maximum atomic E-state index is 12.9. The van der Waals surface area contributed by atoms with E-state index in [4.69, 9.17) is 5.73 Å². The number of benzene rings is 1. The molecule has 0 radical (unpaired) electrons. The quantitative estimate of drug-likeness (QED) is 0.366. The molecule has 2 fully saturated rings. The minimum atomic E-state index is -0.901. The van der Waals surface area contributed by atoms with Crippen LogP contribution in [-0.4, -0.2) is 60.1 Å². The fourth-order valence-corrected chi connectivity index (χ4v) is 4.42. The minimum absolute atomic E-state index is 0.00474. The Morgan fingerprint density at radius 2 is 1.77 bits per heavy atom. The summed E-state index contributed by atoms with van der Waals surface area (Å²) in [5.74, 6) is -0.201. The second-order valence-corrected chi connectivity index (χ2v) is 9.50. The molecule has 2 aliphatic rings. The number of carbonyl (C=O) groups is 2. The number of rotatable bonds is 9. The third-order valence-electron chi connectivity index (χ3n) is 6.56. The van der Waals surface area contributed by atoms with Crippen molar-refractivity contribution in [1.82, 2.24) is 10.2 Å². The second kappa shape index (κ2) is 14.8. The number of ketones is 1. The van der Waals surface area contributed by atoms with Gasteiger partial charge < -0.3 is 21.1 Å². The number of nitrogens with two attached hydrogens (primary N) is 1. The molecule has 1 aliphatic heterocycles. The van der Waals surface area contributed by atoms with Crippen molar-refractivity contribution in [3.63, 3.8) is 0 Å². The van der Waals surface area contributed by atoms with Crippen molar-refractivity contribution in [2.75, 3.05) is 32.7 Å². The molecule has 1 aromatic carbocycles. The van der Waals surface area contributed by atoms with E-state index >= 15 is 0 Å². The van der Waals surface area contributed by atoms with Crippen LogP contribution in [0.2, 0.25) is 0 Å². The van der Waals surface area contributed by atoms with Gasteiger partial charge in [0.15, 0.2) is 5.78 Å². The third-order valence-corrected chi connectivity index (χ3v) is 6.56. The van der Waals surface area contributed by atoms with Crippen molar-refractivity contribution < 1.29 is 14.7 Å². The van der Waals surface area contributed by atoms with E-state index in [1.54, 1.807) is 4.90 Å². The SMILES string of the molecule is CC(=O)CN=C1CCC/C1=C(/N)C(=O)N1CCC(O)(c2ccccc2)CC1.CCCCNCCC. The van der Waals surface area contributed by atoms with E-state index in [1.807, 2.05) is 30.3 Å². The molecule has 4 N–H and O–H groups in total. The molecule has 1 aromatic rings. The van der Waals surface area contributed by atoms with E-state index in [-0.39, 0.29) is 23.9 Å². The first-order valence-corrected chi connectivity index (χ1v) is 13.1. The Balaban J connectivity index is 0.000000466. The smallest absolute Gasteiger partial charge is 0.270 e. The Bertz CT molecular complexity index is 865. The predicted molar refractivity (Wildman–Crippen MR) is 142 cm³/mol. The number of Topliss-reactive ketones (excluding diaryl/α,β-unsaturated/α-hetero) is 1. The first-order chi connectivity index (χ1) is 16.8. The molecule has 0 unspecified atom stereocenters. The zero-order chi connectivity index (χ0) is 25.7. The summed E-state index contributed by atoms with van der Waals surface area (Å²) in [5, 5.41) is 14.3. The zero-order valence-electron chi connectivity index (χ0n) is 21.8. The van der Waals surface area contributed by atoms with Gasteiger partial charge in [-0.1, -0.05) is 50.6 Å². The van der Waals surface area contributed by atoms with Crippen LogP contribution in [0.25, 0.3) is 0 Å². The van der Waals surface area contributed by atoms with Crippen LogP contribution in [0.3, 0.4) is 0 Å². The third kappa shape index (κ3) is 8.89. The van der Waals surface area contributed by atoms with Gasteiger partial charge in [0.25, 0.3) is 5.91 Å². The number of hydrogen-bond donors (Lipinski definition) is 3. The standard InChI is InChI=1S/C21H27N3O3.C7H17N/c1-15(25)14-23-18-9-5-8-17(18)19(22)20(26)24-12-10-21(27,11-13-24)16-6-3-2-4-7-16;1-3-5-7-8-6-4-2/h2-4,6-7,27H,5,8-14,22H2,1H3;8H,3-7H2,1-2H3/b19-17-,23-18?;. The maximum absolute atomic E-state index is 12.9. The largest absolute Gasteiger partial charge is 0.394 e. The Morgan fingerprint density at radius 3 is 2.37 bits per heavy atom. The Morgan fingerprint density at radius 1 is 1.09 bits per heavy atom. The van der Waals surface area contributed by atoms with Crippen molar-refractivity contribution in [3.05, 3.63) is 47.2 Å². The number of likely N-dealkylation sites (tertiary alicyclic amines) is 1. The van der Waals surface area contributed by atoms with E-state index in [0.29, 0.717) is 25.9 Å². The number of piperidine rings is 1. The van der Waals surface area contributed by atoms with Crippen LogP contribution >= 0.6 is 0 Å².